The third-order valence-electron chi connectivity index (χ3n) is 3.74. The van der Waals surface area contributed by atoms with Crippen LogP contribution in [0.4, 0.5) is 0 Å². The van der Waals surface area contributed by atoms with Gasteiger partial charge in [-0.15, -0.1) is 6.58 Å². The summed E-state index contributed by atoms with van der Waals surface area (Å²) in [6, 6.07) is 1.10. The molecular weight excluding hydrogens is 240 g/mol. The van der Waals surface area contributed by atoms with E-state index in [1.807, 2.05) is 5.70 Å². The Bertz CT molecular complexity index is 216. The molecule has 1 atom stereocenters. The molecule has 0 saturated carbocycles. The highest BCUT2D eigenvalue weighted by Crippen LogP contribution is 2.23. The van der Waals surface area contributed by atoms with Crippen molar-refractivity contribution >= 4 is 9.04 Å². The van der Waals surface area contributed by atoms with Gasteiger partial charge in [0.25, 0.3) is 0 Å². The van der Waals surface area contributed by atoms with Gasteiger partial charge in [-0.3, -0.25) is 9.80 Å². The third kappa shape index (κ3) is 4.19. The first-order valence-electron chi connectivity index (χ1n) is 7.34. The van der Waals surface area contributed by atoms with Crippen LogP contribution in [0.25, 0.3) is 0 Å². The largest absolute Gasteiger partial charge is 0.387 e. The first kappa shape index (κ1) is 17.8. The molecule has 0 aliphatic carbocycles. The summed E-state index contributed by atoms with van der Waals surface area (Å²) >= 11 is 0. The van der Waals surface area contributed by atoms with E-state index in [0.717, 1.165) is 32.2 Å². The van der Waals surface area contributed by atoms with E-state index in [9.17, 15) is 0 Å². The van der Waals surface area contributed by atoms with Crippen molar-refractivity contribution in [3.63, 3.8) is 0 Å². The minimum Gasteiger partial charge on any atom is -0.387 e. The first-order valence-corrected chi connectivity index (χ1v) is 9.29. The molecule has 0 bridgehead atoms. The van der Waals surface area contributed by atoms with Gasteiger partial charge in [0.1, 0.15) is 0 Å². The van der Waals surface area contributed by atoms with Crippen LogP contribution in [-0.4, -0.2) is 50.9 Å². The molecule has 0 saturated heterocycles. The summed E-state index contributed by atoms with van der Waals surface area (Å²) in [6.45, 7) is 21.2. The molecule has 0 aliphatic rings. The van der Waals surface area contributed by atoms with Gasteiger partial charge in [-0.2, -0.15) is 0 Å². The standard InChI is InChI=1S/C14H32N2OSi/c1-8-15(9-2)14(7,16(10-3)11-4)17-18(12-5)13-6/h12,18H,5,8-11,13H2,1-4,6-7H3. The van der Waals surface area contributed by atoms with Gasteiger partial charge in [-0.05, 0) is 39.1 Å². The molecule has 0 N–H and O–H groups in total. The van der Waals surface area contributed by atoms with E-state index in [0.29, 0.717) is 0 Å². The second-order valence-corrected chi connectivity index (χ2v) is 7.18. The van der Waals surface area contributed by atoms with E-state index in [-0.39, 0.29) is 5.85 Å². The maximum absolute atomic E-state index is 6.50. The summed E-state index contributed by atoms with van der Waals surface area (Å²) in [5.74, 6) is -0.284. The summed E-state index contributed by atoms with van der Waals surface area (Å²) in [5.41, 5.74) is 2.05. The normalized spacial score (nSPS) is 14.2. The maximum Gasteiger partial charge on any atom is 0.204 e. The number of rotatable bonds is 10. The fourth-order valence-electron chi connectivity index (χ4n) is 2.55. The molecule has 108 valence electrons. The second kappa shape index (κ2) is 8.86. The zero-order valence-corrected chi connectivity index (χ0v) is 14.4. The molecular formula is C14H32N2OSi. The molecule has 4 heteroatoms. The van der Waals surface area contributed by atoms with Crippen molar-refractivity contribution in [1.82, 2.24) is 9.80 Å². The number of nitrogens with zero attached hydrogens (tertiary/aromatic N) is 2. The minimum atomic E-state index is -1.30. The molecule has 3 nitrogen and oxygen atoms in total. The lowest BCUT2D eigenvalue weighted by atomic mass is 10.3. The quantitative estimate of drug-likeness (QED) is 0.449. The van der Waals surface area contributed by atoms with Gasteiger partial charge in [0.2, 0.25) is 9.04 Å². The van der Waals surface area contributed by atoms with Crippen LogP contribution in [0.3, 0.4) is 0 Å². The Balaban J connectivity index is 5.17. The van der Waals surface area contributed by atoms with Gasteiger partial charge in [0, 0.05) is 0 Å². The van der Waals surface area contributed by atoms with Gasteiger partial charge in [0.05, 0.1) is 0 Å². The highest BCUT2D eigenvalue weighted by molar-refractivity contribution is 6.57. The summed E-state index contributed by atoms with van der Waals surface area (Å²) < 4.78 is 6.50. The Morgan fingerprint density at radius 1 is 1.00 bits per heavy atom. The third-order valence-corrected chi connectivity index (χ3v) is 5.82. The van der Waals surface area contributed by atoms with Crippen LogP contribution in [0.1, 0.15) is 41.5 Å². The van der Waals surface area contributed by atoms with E-state index in [2.05, 4.69) is 57.9 Å². The second-order valence-electron chi connectivity index (χ2n) is 4.58. The fraction of sp³-hybridized carbons (Fsp3) is 0.857. The molecule has 0 fully saturated rings. The summed E-state index contributed by atoms with van der Waals surface area (Å²) in [6.07, 6.45) is 0. The Morgan fingerprint density at radius 3 is 1.61 bits per heavy atom. The van der Waals surface area contributed by atoms with Crippen LogP contribution in [0.5, 0.6) is 0 Å². The molecule has 0 aromatic carbocycles. The Kier molecular flexibility index (Phi) is 8.78. The van der Waals surface area contributed by atoms with Crippen LogP contribution in [0.15, 0.2) is 12.3 Å². The van der Waals surface area contributed by atoms with Gasteiger partial charge >= 0.3 is 0 Å². The summed E-state index contributed by atoms with van der Waals surface area (Å²) in [7, 11) is -1.30. The van der Waals surface area contributed by atoms with Crippen molar-refractivity contribution in [1.29, 1.82) is 0 Å². The molecule has 18 heavy (non-hydrogen) atoms. The highest BCUT2D eigenvalue weighted by atomic mass is 28.3. The predicted octanol–water partition coefficient (Wildman–Crippen LogP) is 2.83. The lowest BCUT2D eigenvalue weighted by Gasteiger charge is -2.48. The van der Waals surface area contributed by atoms with Crippen LogP contribution in [0.2, 0.25) is 6.04 Å². The van der Waals surface area contributed by atoms with Crippen LogP contribution < -0.4 is 0 Å². The molecule has 0 spiro atoms. The first-order chi connectivity index (χ1) is 8.53. The van der Waals surface area contributed by atoms with Crippen LogP contribution in [-0.2, 0) is 4.43 Å². The Labute approximate surface area is 116 Å². The van der Waals surface area contributed by atoms with E-state index in [1.54, 1.807) is 0 Å². The zero-order valence-electron chi connectivity index (χ0n) is 13.2. The molecule has 0 heterocycles. The van der Waals surface area contributed by atoms with Gasteiger partial charge < -0.3 is 4.43 Å². The average molecular weight is 273 g/mol. The molecule has 0 amide bonds. The van der Waals surface area contributed by atoms with Crippen molar-refractivity contribution in [3.05, 3.63) is 12.3 Å². The van der Waals surface area contributed by atoms with Crippen molar-refractivity contribution in [2.45, 2.75) is 53.4 Å². The Morgan fingerprint density at radius 2 is 1.39 bits per heavy atom. The zero-order chi connectivity index (χ0) is 14.2. The van der Waals surface area contributed by atoms with E-state index >= 15 is 0 Å². The average Bonchev–Trinajstić information content (AvgIpc) is 2.38. The smallest absolute Gasteiger partial charge is 0.204 e. The van der Waals surface area contributed by atoms with Gasteiger partial charge in [-0.25, -0.2) is 0 Å². The summed E-state index contributed by atoms with van der Waals surface area (Å²) in [5, 5.41) is 0. The van der Waals surface area contributed by atoms with E-state index in [4.69, 9.17) is 4.43 Å². The van der Waals surface area contributed by atoms with Crippen molar-refractivity contribution in [3.8, 4) is 0 Å². The molecule has 0 aromatic rings. The van der Waals surface area contributed by atoms with Crippen molar-refractivity contribution in [2.75, 3.05) is 26.2 Å². The van der Waals surface area contributed by atoms with Crippen LogP contribution in [0, 0.1) is 0 Å². The highest BCUT2D eigenvalue weighted by Gasteiger charge is 2.37. The van der Waals surface area contributed by atoms with Crippen molar-refractivity contribution in [2.24, 2.45) is 0 Å². The molecule has 0 radical (unpaired) electrons. The minimum absolute atomic E-state index is 0.284. The summed E-state index contributed by atoms with van der Waals surface area (Å²) in [4.78, 5) is 4.80. The molecule has 1 unspecified atom stereocenters. The number of hydrogen-bond acceptors (Lipinski definition) is 3. The topological polar surface area (TPSA) is 15.7 Å². The molecule has 0 aromatic heterocycles. The SMILES string of the molecule is C=C[SiH](CC)OC(C)(N(CC)CC)N(CC)CC. The van der Waals surface area contributed by atoms with E-state index in [1.165, 1.54) is 0 Å². The monoisotopic (exact) mass is 272 g/mol. The lowest BCUT2D eigenvalue weighted by Crippen LogP contribution is -2.62. The van der Waals surface area contributed by atoms with Gasteiger partial charge in [0.15, 0.2) is 5.85 Å². The fourth-order valence-corrected chi connectivity index (χ4v) is 4.02. The maximum atomic E-state index is 6.50. The predicted molar refractivity (Wildman–Crippen MR) is 83.2 cm³/mol. The Hall–Kier alpha value is -0.163. The van der Waals surface area contributed by atoms with Gasteiger partial charge in [-0.1, -0.05) is 40.3 Å². The molecule has 0 aliphatic heterocycles. The van der Waals surface area contributed by atoms with E-state index < -0.39 is 9.04 Å². The molecule has 0 rings (SSSR count). The van der Waals surface area contributed by atoms with Crippen molar-refractivity contribution < 1.29 is 4.43 Å². The number of hydrogen-bond donors (Lipinski definition) is 0. The lowest BCUT2D eigenvalue weighted by molar-refractivity contribution is -0.181. The van der Waals surface area contributed by atoms with Crippen LogP contribution >= 0.6 is 0 Å².